The van der Waals surface area contributed by atoms with E-state index in [1.165, 1.54) is 38.0 Å². The highest BCUT2D eigenvalue weighted by Crippen LogP contribution is 2.23. The molecule has 0 saturated carbocycles. The van der Waals surface area contributed by atoms with E-state index in [1.54, 1.807) is 7.11 Å². The van der Waals surface area contributed by atoms with E-state index in [-0.39, 0.29) is 0 Å². The molecule has 1 fully saturated rings. The second kappa shape index (κ2) is 7.81. The lowest BCUT2D eigenvalue weighted by Crippen LogP contribution is -2.44. The van der Waals surface area contributed by atoms with Crippen LogP contribution in [0.4, 0.5) is 0 Å². The van der Waals surface area contributed by atoms with Gasteiger partial charge in [-0.05, 0) is 63.4 Å². The van der Waals surface area contributed by atoms with E-state index in [2.05, 4.69) is 49.2 Å². The van der Waals surface area contributed by atoms with E-state index in [0.29, 0.717) is 12.1 Å². The Labute approximate surface area is 129 Å². The lowest BCUT2D eigenvalue weighted by molar-refractivity contribution is 0.153. The smallest absolute Gasteiger partial charge is 0.119 e. The molecule has 118 valence electrons. The van der Waals surface area contributed by atoms with Crippen molar-refractivity contribution in [3.8, 4) is 5.75 Å². The predicted octanol–water partition coefficient (Wildman–Crippen LogP) is 3.47. The maximum Gasteiger partial charge on any atom is 0.119 e. The molecule has 0 spiro atoms. The molecule has 0 bridgehead atoms. The number of benzene rings is 1. The highest BCUT2D eigenvalue weighted by atomic mass is 16.5. The number of hydrogen-bond donors (Lipinski definition) is 1. The quantitative estimate of drug-likeness (QED) is 0.868. The highest BCUT2D eigenvalue weighted by Gasteiger charge is 2.24. The normalized spacial score (nSPS) is 22.8. The Morgan fingerprint density at radius 1 is 1.38 bits per heavy atom. The summed E-state index contributed by atoms with van der Waals surface area (Å²) in [4.78, 5) is 2.57. The SMILES string of the molecule is CCN1CCCC(C(C)N[C@@H](C)c2cccc(OC)c2)C1. The van der Waals surface area contributed by atoms with Crippen LogP contribution in [0.3, 0.4) is 0 Å². The first-order valence-electron chi connectivity index (χ1n) is 8.26. The van der Waals surface area contributed by atoms with Crippen LogP contribution in [0.2, 0.25) is 0 Å². The number of rotatable bonds is 6. The zero-order valence-corrected chi connectivity index (χ0v) is 13.9. The Kier molecular flexibility index (Phi) is 6.07. The Balaban J connectivity index is 1.93. The maximum absolute atomic E-state index is 5.32. The molecule has 21 heavy (non-hydrogen) atoms. The minimum Gasteiger partial charge on any atom is -0.497 e. The van der Waals surface area contributed by atoms with Crippen molar-refractivity contribution >= 4 is 0 Å². The van der Waals surface area contributed by atoms with Crippen LogP contribution >= 0.6 is 0 Å². The van der Waals surface area contributed by atoms with Gasteiger partial charge in [-0.2, -0.15) is 0 Å². The summed E-state index contributed by atoms with van der Waals surface area (Å²) in [5, 5.41) is 3.78. The Bertz CT molecular complexity index is 435. The van der Waals surface area contributed by atoms with Gasteiger partial charge in [-0.15, -0.1) is 0 Å². The Morgan fingerprint density at radius 3 is 2.90 bits per heavy atom. The van der Waals surface area contributed by atoms with E-state index >= 15 is 0 Å². The first-order valence-corrected chi connectivity index (χ1v) is 8.26. The molecule has 2 unspecified atom stereocenters. The topological polar surface area (TPSA) is 24.5 Å². The second-order valence-electron chi connectivity index (χ2n) is 6.25. The number of hydrogen-bond acceptors (Lipinski definition) is 3. The third kappa shape index (κ3) is 4.45. The first-order chi connectivity index (χ1) is 10.1. The van der Waals surface area contributed by atoms with Gasteiger partial charge in [-0.1, -0.05) is 19.1 Å². The third-order valence-corrected chi connectivity index (χ3v) is 4.80. The number of likely N-dealkylation sites (tertiary alicyclic amines) is 1. The van der Waals surface area contributed by atoms with Crippen LogP contribution in [-0.2, 0) is 0 Å². The Hall–Kier alpha value is -1.06. The van der Waals surface area contributed by atoms with Crippen LogP contribution in [0.5, 0.6) is 5.75 Å². The summed E-state index contributed by atoms with van der Waals surface area (Å²) in [6.07, 6.45) is 2.67. The lowest BCUT2D eigenvalue weighted by Gasteiger charge is -2.36. The number of ether oxygens (including phenoxy) is 1. The average Bonchev–Trinajstić information content (AvgIpc) is 2.54. The molecular weight excluding hydrogens is 260 g/mol. The van der Waals surface area contributed by atoms with Gasteiger partial charge in [0.2, 0.25) is 0 Å². The van der Waals surface area contributed by atoms with Crippen molar-refractivity contribution in [2.45, 2.75) is 45.7 Å². The van der Waals surface area contributed by atoms with Gasteiger partial charge in [-0.25, -0.2) is 0 Å². The molecule has 0 aromatic heterocycles. The van der Waals surface area contributed by atoms with E-state index in [4.69, 9.17) is 4.74 Å². The molecule has 1 saturated heterocycles. The van der Waals surface area contributed by atoms with Crippen molar-refractivity contribution in [2.24, 2.45) is 5.92 Å². The molecule has 1 aliphatic heterocycles. The molecule has 2 rings (SSSR count). The third-order valence-electron chi connectivity index (χ3n) is 4.80. The summed E-state index contributed by atoms with van der Waals surface area (Å²) in [6.45, 7) is 10.5. The molecule has 0 radical (unpaired) electrons. The minimum atomic E-state index is 0.354. The van der Waals surface area contributed by atoms with Gasteiger partial charge in [0.15, 0.2) is 0 Å². The molecule has 1 heterocycles. The minimum absolute atomic E-state index is 0.354. The number of nitrogens with zero attached hydrogens (tertiary/aromatic N) is 1. The maximum atomic E-state index is 5.32. The van der Waals surface area contributed by atoms with Crippen LogP contribution in [0.1, 0.15) is 45.2 Å². The summed E-state index contributed by atoms with van der Waals surface area (Å²) in [5.41, 5.74) is 1.30. The molecule has 0 aliphatic carbocycles. The monoisotopic (exact) mass is 290 g/mol. The summed E-state index contributed by atoms with van der Waals surface area (Å²) >= 11 is 0. The van der Waals surface area contributed by atoms with E-state index in [9.17, 15) is 0 Å². The van der Waals surface area contributed by atoms with Crippen molar-refractivity contribution in [1.82, 2.24) is 10.2 Å². The summed E-state index contributed by atoms with van der Waals surface area (Å²) in [6, 6.07) is 9.26. The van der Waals surface area contributed by atoms with Gasteiger partial charge in [0.1, 0.15) is 5.75 Å². The van der Waals surface area contributed by atoms with Gasteiger partial charge in [0.25, 0.3) is 0 Å². The van der Waals surface area contributed by atoms with Crippen molar-refractivity contribution in [1.29, 1.82) is 0 Å². The fourth-order valence-electron chi connectivity index (χ4n) is 3.32. The van der Waals surface area contributed by atoms with Crippen LogP contribution in [0.25, 0.3) is 0 Å². The van der Waals surface area contributed by atoms with Crippen molar-refractivity contribution in [3.05, 3.63) is 29.8 Å². The van der Waals surface area contributed by atoms with Gasteiger partial charge in [0, 0.05) is 18.6 Å². The predicted molar refractivity (Wildman–Crippen MR) is 88.8 cm³/mol. The van der Waals surface area contributed by atoms with Crippen molar-refractivity contribution in [3.63, 3.8) is 0 Å². The molecular formula is C18H30N2O. The molecule has 3 atom stereocenters. The van der Waals surface area contributed by atoms with Crippen LogP contribution in [0, 0.1) is 5.92 Å². The number of nitrogens with one attached hydrogen (secondary N) is 1. The van der Waals surface area contributed by atoms with E-state index in [0.717, 1.165) is 11.7 Å². The van der Waals surface area contributed by atoms with Gasteiger partial charge in [-0.3, -0.25) is 0 Å². The van der Waals surface area contributed by atoms with Crippen molar-refractivity contribution < 1.29 is 4.74 Å². The van der Waals surface area contributed by atoms with E-state index < -0.39 is 0 Å². The Morgan fingerprint density at radius 2 is 2.19 bits per heavy atom. The highest BCUT2D eigenvalue weighted by molar-refractivity contribution is 5.30. The van der Waals surface area contributed by atoms with Crippen molar-refractivity contribution in [2.75, 3.05) is 26.7 Å². The molecule has 3 nitrogen and oxygen atoms in total. The molecule has 1 aromatic carbocycles. The molecule has 3 heteroatoms. The zero-order valence-electron chi connectivity index (χ0n) is 13.9. The van der Waals surface area contributed by atoms with Crippen LogP contribution < -0.4 is 10.1 Å². The van der Waals surface area contributed by atoms with Gasteiger partial charge in [0.05, 0.1) is 7.11 Å². The summed E-state index contributed by atoms with van der Waals surface area (Å²) in [5.74, 6) is 1.69. The van der Waals surface area contributed by atoms with E-state index in [1.807, 2.05) is 6.07 Å². The number of methoxy groups -OCH3 is 1. The fourth-order valence-corrected chi connectivity index (χ4v) is 3.32. The summed E-state index contributed by atoms with van der Waals surface area (Å²) < 4.78 is 5.32. The number of piperidine rings is 1. The summed E-state index contributed by atoms with van der Waals surface area (Å²) in [7, 11) is 1.72. The fraction of sp³-hybridized carbons (Fsp3) is 0.667. The molecule has 1 N–H and O–H groups in total. The van der Waals surface area contributed by atoms with Crippen LogP contribution in [-0.4, -0.2) is 37.7 Å². The van der Waals surface area contributed by atoms with Gasteiger partial charge >= 0.3 is 0 Å². The molecule has 1 aliphatic rings. The lowest BCUT2D eigenvalue weighted by atomic mass is 9.90. The van der Waals surface area contributed by atoms with Crippen LogP contribution in [0.15, 0.2) is 24.3 Å². The van der Waals surface area contributed by atoms with Gasteiger partial charge < -0.3 is 15.0 Å². The first kappa shape index (κ1) is 16.3. The standard InChI is InChI=1S/C18H30N2O/c1-5-20-11-7-9-17(13-20)15(3)19-14(2)16-8-6-10-18(12-16)21-4/h6,8,10,12,14-15,17,19H,5,7,9,11,13H2,1-4H3/t14-,15?,17?/m0/s1. The molecule has 1 aromatic rings. The zero-order chi connectivity index (χ0) is 15.2. The second-order valence-corrected chi connectivity index (χ2v) is 6.25. The molecule has 0 amide bonds. The largest absolute Gasteiger partial charge is 0.497 e. The average molecular weight is 290 g/mol.